The lowest BCUT2D eigenvalue weighted by atomic mass is 9.96. The first-order chi connectivity index (χ1) is 12.1. The highest BCUT2D eigenvalue weighted by atomic mass is 127. The van der Waals surface area contributed by atoms with Crippen LogP contribution in [0.5, 0.6) is 5.75 Å². The number of benzene rings is 1. The molecule has 26 heavy (non-hydrogen) atoms. The van der Waals surface area contributed by atoms with Crippen LogP contribution in [0.4, 0.5) is 0 Å². The molecule has 1 N–H and O–H groups in total. The largest absolute Gasteiger partial charge is 0.496 e. The molecule has 1 saturated heterocycles. The number of aliphatic imine (C=N–C) groups is 1. The maximum Gasteiger partial charge on any atom is 0.193 e. The van der Waals surface area contributed by atoms with Gasteiger partial charge in [-0.1, -0.05) is 17.7 Å². The van der Waals surface area contributed by atoms with Gasteiger partial charge >= 0.3 is 0 Å². The van der Waals surface area contributed by atoms with Crippen molar-refractivity contribution in [2.45, 2.75) is 32.7 Å². The summed E-state index contributed by atoms with van der Waals surface area (Å²) in [5.41, 5.74) is 1.03. The molecule has 1 aliphatic heterocycles. The normalized spacial score (nSPS) is 15.3. The molecule has 1 fully saturated rings. The van der Waals surface area contributed by atoms with Gasteiger partial charge in [-0.05, 0) is 44.2 Å². The molecule has 1 heterocycles. The monoisotopic (exact) mass is 495 g/mol. The van der Waals surface area contributed by atoms with Gasteiger partial charge in [-0.2, -0.15) is 0 Å². The van der Waals surface area contributed by atoms with E-state index in [9.17, 15) is 0 Å². The van der Waals surface area contributed by atoms with Gasteiger partial charge in [-0.3, -0.25) is 0 Å². The van der Waals surface area contributed by atoms with Crippen LogP contribution >= 0.6 is 35.6 Å². The van der Waals surface area contributed by atoms with Gasteiger partial charge in [0.25, 0.3) is 0 Å². The van der Waals surface area contributed by atoms with Crippen LogP contribution in [-0.4, -0.2) is 51.3 Å². The van der Waals surface area contributed by atoms with Gasteiger partial charge < -0.3 is 19.7 Å². The molecule has 0 bridgehead atoms. The van der Waals surface area contributed by atoms with Gasteiger partial charge in [0.05, 0.1) is 13.7 Å². The zero-order valence-corrected chi connectivity index (χ0v) is 19.0. The Hall–Kier alpha value is -0.730. The van der Waals surface area contributed by atoms with E-state index < -0.39 is 0 Å². The Kier molecular flexibility index (Phi) is 11.3. The first kappa shape index (κ1) is 23.3. The minimum Gasteiger partial charge on any atom is -0.496 e. The predicted molar refractivity (Wildman–Crippen MR) is 119 cm³/mol. The lowest BCUT2D eigenvalue weighted by Gasteiger charge is -2.27. The Labute approximate surface area is 179 Å². The molecular weight excluding hydrogens is 465 g/mol. The molecule has 5 nitrogen and oxygen atoms in total. The van der Waals surface area contributed by atoms with Crippen molar-refractivity contribution in [2.24, 2.45) is 10.9 Å². The third kappa shape index (κ3) is 7.48. The summed E-state index contributed by atoms with van der Waals surface area (Å²) in [4.78, 5) is 6.98. The van der Waals surface area contributed by atoms with Gasteiger partial charge in [0, 0.05) is 43.9 Å². The highest BCUT2D eigenvalue weighted by molar-refractivity contribution is 14.0. The number of halogens is 2. The lowest BCUT2D eigenvalue weighted by molar-refractivity contribution is 0.0625. The molecule has 0 atom stereocenters. The van der Waals surface area contributed by atoms with E-state index in [2.05, 4.69) is 24.2 Å². The molecule has 1 aromatic rings. The van der Waals surface area contributed by atoms with E-state index in [1.165, 1.54) is 19.3 Å². The summed E-state index contributed by atoms with van der Waals surface area (Å²) < 4.78 is 10.8. The van der Waals surface area contributed by atoms with Crippen LogP contribution in [-0.2, 0) is 11.3 Å². The molecule has 2 rings (SSSR count). The van der Waals surface area contributed by atoms with Crippen LogP contribution in [0.1, 0.15) is 31.7 Å². The zero-order valence-electron chi connectivity index (χ0n) is 16.0. The zero-order chi connectivity index (χ0) is 18.1. The fraction of sp³-hybridized carbons (Fsp3) is 0.632. The van der Waals surface area contributed by atoms with Crippen molar-refractivity contribution in [1.82, 2.24) is 10.2 Å². The van der Waals surface area contributed by atoms with Crippen LogP contribution in [0.15, 0.2) is 23.2 Å². The highest BCUT2D eigenvalue weighted by Gasteiger charge is 2.15. The van der Waals surface area contributed by atoms with E-state index in [4.69, 9.17) is 26.1 Å². The van der Waals surface area contributed by atoms with Crippen LogP contribution < -0.4 is 10.1 Å². The lowest BCUT2D eigenvalue weighted by Crippen LogP contribution is -2.40. The second kappa shape index (κ2) is 12.6. The van der Waals surface area contributed by atoms with Crippen molar-refractivity contribution in [2.75, 3.05) is 40.5 Å². The van der Waals surface area contributed by atoms with E-state index in [1.54, 1.807) is 7.11 Å². The first-order valence-corrected chi connectivity index (χ1v) is 9.41. The fourth-order valence-corrected chi connectivity index (χ4v) is 3.16. The van der Waals surface area contributed by atoms with Crippen molar-refractivity contribution in [3.8, 4) is 5.75 Å². The van der Waals surface area contributed by atoms with Crippen molar-refractivity contribution < 1.29 is 9.47 Å². The Bertz CT molecular complexity index is 566. The summed E-state index contributed by atoms with van der Waals surface area (Å²) in [5, 5.41) is 4.04. The Balaban J connectivity index is 0.00000338. The van der Waals surface area contributed by atoms with Crippen LogP contribution in [0.2, 0.25) is 5.02 Å². The number of rotatable bonds is 7. The number of hydrogen-bond donors (Lipinski definition) is 1. The van der Waals surface area contributed by atoms with Gasteiger partial charge in [0.15, 0.2) is 5.96 Å². The summed E-state index contributed by atoms with van der Waals surface area (Å²) in [7, 11) is 3.75. The van der Waals surface area contributed by atoms with E-state index in [0.717, 1.165) is 49.5 Å². The summed E-state index contributed by atoms with van der Waals surface area (Å²) in [5.74, 6) is 2.46. The van der Waals surface area contributed by atoms with E-state index in [-0.39, 0.29) is 24.0 Å². The maximum atomic E-state index is 6.03. The SMILES string of the molecule is CCNC(=NCc1ccc(Cl)cc1OC)N(C)CCC1CCOCC1.I. The smallest absolute Gasteiger partial charge is 0.193 e. The second-order valence-corrected chi connectivity index (χ2v) is 6.83. The van der Waals surface area contributed by atoms with Crippen molar-refractivity contribution >= 4 is 41.5 Å². The number of nitrogens with zero attached hydrogens (tertiary/aromatic N) is 2. The van der Waals surface area contributed by atoms with Gasteiger partial charge in [0.1, 0.15) is 5.75 Å². The Morgan fingerprint density at radius 2 is 2.12 bits per heavy atom. The second-order valence-electron chi connectivity index (χ2n) is 6.39. The number of guanidine groups is 1. The number of methoxy groups -OCH3 is 1. The number of ether oxygens (including phenoxy) is 2. The summed E-state index contributed by atoms with van der Waals surface area (Å²) in [6.45, 7) is 6.29. The molecule has 0 amide bonds. The van der Waals surface area contributed by atoms with Gasteiger partial charge in [-0.25, -0.2) is 4.99 Å². The molecule has 148 valence electrons. The molecule has 1 aromatic carbocycles. The predicted octanol–water partition coefficient (Wildman–Crippen LogP) is 4.18. The molecule has 0 aliphatic carbocycles. The minimum atomic E-state index is 0. The molecule has 7 heteroatoms. The van der Waals surface area contributed by atoms with Gasteiger partial charge in [0.2, 0.25) is 0 Å². The molecule has 0 aromatic heterocycles. The number of nitrogens with one attached hydrogen (secondary N) is 1. The van der Waals surface area contributed by atoms with Crippen LogP contribution in [0, 0.1) is 5.92 Å². The third-order valence-corrected chi connectivity index (χ3v) is 4.79. The quantitative estimate of drug-likeness (QED) is 0.350. The standard InChI is InChI=1S/C19H30ClN3O2.HI/c1-4-21-19(23(2)10-7-15-8-11-25-12-9-15)22-14-16-5-6-17(20)13-18(16)24-3;/h5-6,13,15H,4,7-12,14H2,1-3H3,(H,21,22);1H. The fourth-order valence-electron chi connectivity index (χ4n) is 3.00. The summed E-state index contributed by atoms with van der Waals surface area (Å²) in [6.07, 6.45) is 3.52. The van der Waals surface area contributed by atoms with Crippen LogP contribution in [0.3, 0.4) is 0 Å². The maximum absolute atomic E-state index is 6.03. The average Bonchev–Trinajstić information content (AvgIpc) is 2.64. The van der Waals surface area contributed by atoms with E-state index in [0.29, 0.717) is 11.6 Å². The molecule has 0 spiro atoms. The van der Waals surface area contributed by atoms with Crippen LogP contribution in [0.25, 0.3) is 0 Å². The third-order valence-electron chi connectivity index (χ3n) is 4.56. The van der Waals surface area contributed by atoms with Crippen molar-refractivity contribution in [1.29, 1.82) is 0 Å². The number of hydrogen-bond acceptors (Lipinski definition) is 3. The molecule has 0 saturated carbocycles. The van der Waals surface area contributed by atoms with Gasteiger partial charge in [-0.15, -0.1) is 24.0 Å². The van der Waals surface area contributed by atoms with E-state index >= 15 is 0 Å². The highest BCUT2D eigenvalue weighted by Crippen LogP contribution is 2.24. The topological polar surface area (TPSA) is 46.1 Å². The molecular formula is C19H31ClIN3O2. The minimum absolute atomic E-state index is 0. The Morgan fingerprint density at radius 3 is 2.77 bits per heavy atom. The van der Waals surface area contributed by atoms with Crippen molar-refractivity contribution in [3.63, 3.8) is 0 Å². The first-order valence-electron chi connectivity index (χ1n) is 9.03. The Morgan fingerprint density at radius 1 is 1.38 bits per heavy atom. The summed E-state index contributed by atoms with van der Waals surface area (Å²) >= 11 is 6.03. The van der Waals surface area contributed by atoms with E-state index in [1.807, 2.05) is 18.2 Å². The average molecular weight is 496 g/mol. The summed E-state index contributed by atoms with van der Waals surface area (Å²) in [6, 6.07) is 5.67. The molecule has 0 unspecified atom stereocenters. The molecule has 1 aliphatic rings. The van der Waals surface area contributed by atoms with Crippen molar-refractivity contribution in [3.05, 3.63) is 28.8 Å². The molecule has 0 radical (unpaired) electrons.